The fourth-order valence-electron chi connectivity index (χ4n) is 2.91. The Balaban J connectivity index is 0.00000208. The number of carbonyl (C=O) groups excluding carboxylic acids is 1. The number of para-hydroxylation sites is 1. The molecule has 5 heteroatoms. The topological polar surface area (TPSA) is 23.6 Å². The van der Waals surface area contributed by atoms with Crippen molar-refractivity contribution in [2.24, 2.45) is 0 Å². The number of benzene rings is 2. The number of hydrogen-bond donors (Lipinski definition) is 0. The summed E-state index contributed by atoms with van der Waals surface area (Å²) in [6, 6.07) is 17.7. The second-order valence-corrected chi connectivity index (χ2v) is 6.28. The van der Waals surface area contributed by atoms with Crippen LogP contribution < -0.4 is 4.90 Å². The summed E-state index contributed by atoms with van der Waals surface area (Å²) in [7, 11) is 0. The van der Waals surface area contributed by atoms with Crippen LogP contribution in [0.3, 0.4) is 0 Å². The molecule has 1 aliphatic heterocycles. The Bertz CT molecular complexity index is 638. The summed E-state index contributed by atoms with van der Waals surface area (Å²) in [4.78, 5) is 17.0. The van der Waals surface area contributed by atoms with Gasteiger partial charge in [0.15, 0.2) is 5.78 Å². The number of anilines is 1. The van der Waals surface area contributed by atoms with Crippen molar-refractivity contribution in [3.8, 4) is 0 Å². The maximum atomic E-state index is 12.2. The second-order valence-electron chi connectivity index (χ2n) is 5.84. The molecule has 0 radical (unpaired) electrons. The van der Waals surface area contributed by atoms with Gasteiger partial charge in [-0.25, -0.2) is 0 Å². The Labute approximate surface area is 154 Å². The van der Waals surface area contributed by atoms with Crippen LogP contribution in [0.1, 0.15) is 16.8 Å². The Morgan fingerprint density at radius 3 is 2.17 bits per heavy atom. The summed E-state index contributed by atoms with van der Waals surface area (Å²) < 4.78 is 0. The number of piperazine rings is 1. The van der Waals surface area contributed by atoms with Crippen LogP contribution in [0.5, 0.6) is 0 Å². The van der Waals surface area contributed by atoms with Crippen molar-refractivity contribution >= 4 is 35.5 Å². The Morgan fingerprint density at radius 1 is 0.917 bits per heavy atom. The third kappa shape index (κ3) is 4.97. The van der Waals surface area contributed by atoms with Gasteiger partial charge in [-0.2, -0.15) is 0 Å². The predicted molar refractivity (Wildman–Crippen MR) is 103 cm³/mol. The van der Waals surface area contributed by atoms with E-state index in [0.717, 1.165) is 38.3 Å². The minimum absolute atomic E-state index is 0. The highest BCUT2D eigenvalue weighted by molar-refractivity contribution is 6.30. The highest BCUT2D eigenvalue weighted by Crippen LogP contribution is 2.16. The molecule has 24 heavy (non-hydrogen) atoms. The number of ketones is 1. The van der Waals surface area contributed by atoms with Crippen molar-refractivity contribution in [2.45, 2.75) is 6.42 Å². The zero-order chi connectivity index (χ0) is 16.1. The fourth-order valence-corrected chi connectivity index (χ4v) is 3.03. The molecule has 0 N–H and O–H groups in total. The predicted octanol–water partition coefficient (Wildman–Crippen LogP) is 4.16. The molecule has 0 aromatic heterocycles. The number of nitrogens with zero attached hydrogens (tertiary/aromatic N) is 2. The molecule has 1 saturated heterocycles. The van der Waals surface area contributed by atoms with E-state index >= 15 is 0 Å². The molecule has 3 nitrogen and oxygen atoms in total. The van der Waals surface area contributed by atoms with E-state index in [1.807, 2.05) is 6.07 Å². The minimum Gasteiger partial charge on any atom is -0.369 e. The lowest BCUT2D eigenvalue weighted by Crippen LogP contribution is -2.46. The van der Waals surface area contributed by atoms with E-state index in [4.69, 9.17) is 11.6 Å². The molecular formula is C19H22Cl2N2O. The van der Waals surface area contributed by atoms with Crippen molar-refractivity contribution in [1.29, 1.82) is 0 Å². The third-order valence-electron chi connectivity index (χ3n) is 4.31. The van der Waals surface area contributed by atoms with Gasteiger partial charge in [0.2, 0.25) is 0 Å². The first-order valence-electron chi connectivity index (χ1n) is 8.03. The lowest BCUT2D eigenvalue weighted by atomic mass is 10.1. The van der Waals surface area contributed by atoms with Crippen LogP contribution >= 0.6 is 24.0 Å². The van der Waals surface area contributed by atoms with Crippen LogP contribution in [0.4, 0.5) is 5.69 Å². The molecule has 0 atom stereocenters. The molecule has 0 saturated carbocycles. The van der Waals surface area contributed by atoms with Gasteiger partial charge in [-0.15, -0.1) is 12.4 Å². The number of halogens is 2. The van der Waals surface area contributed by atoms with Crippen LogP contribution in [0.2, 0.25) is 5.02 Å². The Morgan fingerprint density at radius 2 is 1.54 bits per heavy atom. The van der Waals surface area contributed by atoms with Crippen LogP contribution in [-0.4, -0.2) is 43.4 Å². The molecule has 2 aromatic rings. The first kappa shape index (κ1) is 18.8. The molecule has 0 spiro atoms. The zero-order valence-electron chi connectivity index (χ0n) is 13.5. The zero-order valence-corrected chi connectivity index (χ0v) is 15.1. The maximum Gasteiger partial charge on any atom is 0.164 e. The van der Waals surface area contributed by atoms with E-state index in [1.54, 1.807) is 24.3 Å². The smallest absolute Gasteiger partial charge is 0.164 e. The van der Waals surface area contributed by atoms with Gasteiger partial charge in [0.25, 0.3) is 0 Å². The number of Topliss-reactive ketones (excluding diaryl/α,β-unsaturated/α-hetero) is 1. The SMILES string of the molecule is Cl.O=C(CCN1CCN(c2ccccc2)CC1)c1ccc(Cl)cc1. The van der Waals surface area contributed by atoms with Gasteiger partial charge in [0, 0.05) is 55.4 Å². The minimum atomic E-state index is 0. The van der Waals surface area contributed by atoms with Crippen LogP contribution in [0.25, 0.3) is 0 Å². The Hall–Kier alpha value is -1.55. The number of carbonyl (C=O) groups is 1. The largest absolute Gasteiger partial charge is 0.369 e. The maximum absolute atomic E-state index is 12.2. The van der Waals surface area contributed by atoms with E-state index in [2.05, 4.69) is 34.1 Å². The molecule has 1 fully saturated rings. The summed E-state index contributed by atoms with van der Waals surface area (Å²) in [6.45, 7) is 4.86. The molecule has 1 heterocycles. The summed E-state index contributed by atoms with van der Waals surface area (Å²) >= 11 is 5.86. The van der Waals surface area contributed by atoms with E-state index in [-0.39, 0.29) is 18.2 Å². The molecular weight excluding hydrogens is 343 g/mol. The van der Waals surface area contributed by atoms with Gasteiger partial charge in [0.1, 0.15) is 0 Å². The summed E-state index contributed by atoms with van der Waals surface area (Å²) in [5.41, 5.74) is 2.03. The molecule has 3 rings (SSSR count). The van der Waals surface area contributed by atoms with E-state index in [9.17, 15) is 4.79 Å². The summed E-state index contributed by atoms with van der Waals surface area (Å²) in [6.07, 6.45) is 0.562. The molecule has 1 aliphatic rings. The second kappa shape index (κ2) is 9.07. The number of hydrogen-bond acceptors (Lipinski definition) is 3. The van der Waals surface area contributed by atoms with Crippen LogP contribution in [0.15, 0.2) is 54.6 Å². The summed E-state index contributed by atoms with van der Waals surface area (Å²) in [5.74, 6) is 0.187. The van der Waals surface area contributed by atoms with E-state index < -0.39 is 0 Å². The van der Waals surface area contributed by atoms with Gasteiger partial charge < -0.3 is 4.90 Å². The quantitative estimate of drug-likeness (QED) is 0.744. The lowest BCUT2D eigenvalue weighted by molar-refractivity contribution is 0.0962. The molecule has 0 unspecified atom stereocenters. The molecule has 128 valence electrons. The first-order chi connectivity index (χ1) is 11.2. The average Bonchev–Trinajstić information content (AvgIpc) is 2.61. The van der Waals surface area contributed by atoms with Crippen molar-refractivity contribution in [2.75, 3.05) is 37.6 Å². The Kier molecular flexibility index (Phi) is 7.10. The van der Waals surface area contributed by atoms with Gasteiger partial charge in [0.05, 0.1) is 0 Å². The highest BCUT2D eigenvalue weighted by atomic mass is 35.5. The summed E-state index contributed by atoms with van der Waals surface area (Å²) in [5, 5.41) is 0.665. The average molecular weight is 365 g/mol. The van der Waals surface area contributed by atoms with Gasteiger partial charge in [-0.05, 0) is 36.4 Å². The highest BCUT2D eigenvalue weighted by Gasteiger charge is 2.17. The number of rotatable bonds is 5. The lowest BCUT2D eigenvalue weighted by Gasteiger charge is -2.36. The van der Waals surface area contributed by atoms with E-state index in [1.165, 1.54) is 5.69 Å². The molecule has 0 aliphatic carbocycles. The van der Waals surface area contributed by atoms with Crippen molar-refractivity contribution in [3.05, 3.63) is 65.2 Å². The first-order valence-corrected chi connectivity index (χ1v) is 8.41. The van der Waals surface area contributed by atoms with Gasteiger partial charge in [-0.1, -0.05) is 29.8 Å². The van der Waals surface area contributed by atoms with Crippen molar-refractivity contribution in [1.82, 2.24) is 4.90 Å². The molecule has 0 bridgehead atoms. The monoisotopic (exact) mass is 364 g/mol. The van der Waals surface area contributed by atoms with Crippen LogP contribution in [0, 0.1) is 0 Å². The third-order valence-corrected chi connectivity index (χ3v) is 4.57. The normalized spacial score (nSPS) is 15.0. The van der Waals surface area contributed by atoms with Crippen molar-refractivity contribution in [3.63, 3.8) is 0 Å². The fraction of sp³-hybridized carbons (Fsp3) is 0.316. The standard InChI is InChI=1S/C19H21ClN2O.ClH/c20-17-8-6-16(7-9-17)19(23)10-11-21-12-14-22(15-13-21)18-4-2-1-3-5-18;/h1-9H,10-15H2;1H. The van der Waals surface area contributed by atoms with Crippen LogP contribution in [-0.2, 0) is 0 Å². The molecule has 0 amide bonds. The van der Waals surface area contributed by atoms with Gasteiger partial charge >= 0.3 is 0 Å². The van der Waals surface area contributed by atoms with E-state index in [0.29, 0.717) is 11.4 Å². The van der Waals surface area contributed by atoms with Gasteiger partial charge in [-0.3, -0.25) is 9.69 Å². The molecule has 2 aromatic carbocycles. The van der Waals surface area contributed by atoms with Crippen molar-refractivity contribution < 1.29 is 4.79 Å².